The lowest BCUT2D eigenvalue weighted by Crippen LogP contribution is -2.37. The van der Waals surface area contributed by atoms with Crippen molar-refractivity contribution >= 4 is 13.8 Å². The third-order valence-electron chi connectivity index (χ3n) is 9.57. The Morgan fingerprint density at radius 1 is 0.577 bits per heavy atom. The summed E-state index contributed by atoms with van der Waals surface area (Å²) < 4.78 is 34.6. The molecule has 0 aromatic rings. The lowest BCUT2D eigenvalue weighted by atomic mass is 10.0. The largest absolute Gasteiger partial charge is 0.756 e. The summed E-state index contributed by atoms with van der Waals surface area (Å²) in [6, 6.07) is 0. The van der Waals surface area contributed by atoms with Gasteiger partial charge in [0.05, 0.1) is 34.4 Å². The Kier molecular flexibility index (Phi) is 36.6. The summed E-state index contributed by atoms with van der Waals surface area (Å²) in [5.41, 5.74) is 0. The molecular formula is C43H86NO7P. The van der Waals surface area contributed by atoms with Gasteiger partial charge < -0.3 is 27.9 Å². The van der Waals surface area contributed by atoms with Crippen LogP contribution in [-0.4, -0.2) is 70.7 Å². The zero-order valence-electron chi connectivity index (χ0n) is 35.0. The number of nitrogens with zero attached hydrogens (tertiary/aromatic N) is 1. The molecule has 0 fully saturated rings. The summed E-state index contributed by atoms with van der Waals surface area (Å²) in [5, 5.41) is 0. The van der Waals surface area contributed by atoms with E-state index < -0.39 is 13.9 Å². The summed E-state index contributed by atoms with van der Waals surface area (Å²) >= 11 is 0. The highest BCUT2D eigenvalue weighted by Gasteiger charge is 2.20. The molecule has 9 heteroatoms. The first-order valence-electron chi connectivity index (χ1n) is 21.9. The maximum atomic E-state index is 12.6. The van der Waals surface area contributed by atoms with Crippen LogP contribution >= 0.6 is 7.82 Å². The number of carbonyl (C=O) groups is 1. The molecule has 0 radical (unpaired) electrons. The molecule has 0 saturated carbocycles. The van der Waals surface area contributed by atoms with Crippen LogP contribution in [0.25, 0.3) is 0 Å². The van der Waals surface area contributed by atoms with Crippen molar-refractivity contribution < 1.29 is 37.3 Å². The molecule has 0 amide bonds. The molecule has 0 N–H and O–H groups in total. The molecular weight excluding hydrogens is 673 g/mol. The van der Waals surface area contributed by atoms with Crippen LogP contribution in [0.4, 0.5) is 0 Å². The number of quaternary nitrogens is 1. The van der Waals surface area contributed by atoms with Crippen LogP contribution in [0.15, 0.2) is 12.2 Å². The monoisotopic (exact) mass is 760 g/mol. The molecule has 0 aromatic heterocycles. The van der Waals surface area contributed by atoms with Crippen molar-refractivity contribution in [2.24, 2.45) is 0 Å². The number of rotatable bonds is 41. The number of phosphoric ester groups is 1. The van der Waals surface area contributed by atoms with Gasteiger partial charge in [-0.2, -0.15) is 0 Å². The molecule has 0 saturated heterocycles. The van der Waals surface area contributed by atoms with E-state index in [0.29, 0.717) is 24.1 Å². The second-order valence-corrected chi connectivity index (χ2v) is 17.5. The Morgan fingerprint density at radius 2 is 1.00 bits per heavy atom. The minimum Gasteiger partial charge on any atom is -0.756 e. The number of hydrogen-bond acceptors (Lipinski definition) is 7. The second kappa shape index (κ2) is 37.2. The van der Waals surface area contributed by atoms with Crippen LogP contribution in [0.2, 0.25) is 0 Å². The number of ether oxygens (including phenoxy) is 2. The second-order valence-electron chi connectivity index (χ2n) is 16.1. The standard InChI is InChI=1S/C43H86NO7P/c1-6-8-10-12-14-16-18-20-21-22-23-24-25-27-29-31-33-35-38-48-40-42(41-50-52(46,47)49-39-37-44(3,4)5)51-43(45)36-34-32-30-28-26-19-17-15-13-11-9-7-2/h15,17,42H,6-14,16,18-41H2,1-5H3/b17-15-. The van der Waals surface area contributed by atoms with Crippen molar-refractivity contribution in [2.45, 2.75) is 206 Å². The highest BCUT2D eigenvalue weighted by molar-refractivity contribution is 7.45. The molecule has 2 unspecified atom stereocenters. The summed E-state index contributed by atoms with van der Waals surface area (Å²) in [7, 11) is 1.36. The van der Waals surface area contributed by atoms with E-state index >= 15 is 0 Å². The van der Waals surface area contributed by atoms with Crippen LogP contribution < -0.4 is 4.89 Å². The molecule has 0 aliphatic rings. The molecule has 0 aliphatic heterocycles. The van der Waals surface area contributed by atoms with E-state index in [1.807, 2.05) is 21.1 Å². The predicted molar refractivity (Wildman–Crippen MR) is 217 cm³/mol. The van der Waals surface area contributed by atoms with Gasteiger partial charge in [0.15, 0.2) is 0 Å². The lowest BCUT2D eigenvalue weighted by Gasteiger charge is -2.28. The van der Waals surface area contributed by atoms with Gasteiger partial charge in [-0.3, -0.25) is 9.36 Å². The Labute approximate surface area is 322 Å². The fourth-order valence-corrected chi connectivity index (χ4v) is 6.86. The van der Waals surface area contributed by atoms with Gasteiger partial charge in [0.25, 0.3) is 7.82 Å². The molecule has 0 spiro atoms. The third-order valence-corrected chi connectivity index (χ3v) is 10.5. The van der Waals surface area contributed by atoms with Crippen molar-refractivity contribution in [2.75, 3.05) is 54.1 Å². The Hall–Kier alpha value is -0.760. The Morgan fingerprint density at radius 3 is 1.50 bits per heavy atom. The van der Waals surface area contributed by atoms with Crippen LogP contribution in [0, 0.1) is 0 Å². The number of hydrogen-bond donors (Lipinski definition) is 0. The zero-order chi connectivity index (χ0) is 38.4. The third kappa shape index (κ3) is 40.4. The van der Waals surface area contributed by atoms with Crippen LogP contribution in [0.1, 0.15) is 200 Å². The highest BCUT2D eigenvalue weighted by Crippen LogP contribution is 2.38. The van der Waals surface area contributed by atoms with Gasteiger partial charge in [-0.1, -0.05) is 167 Å². The number of unbranched alkanes of at least 4 members (excludes halogenated alkanes) is 25. The van der Waals surface area contributed by atoms with E-state index in [1.165, 1.54) is 135 Å². The average Bonchev–Trinajstić information content (AvgIpc) is 3.09. The van der Waals surface area contributed by atoms with Crippen LogP contribution in [0.3, 0.4) is 0 Å². The van der Waals surface area contributed by atoms with Crippen molar-refractivity contribution in [3.63, 3.8) is 0 Å². The lowest BCUT2D eigenvalue weighted by molar-refractivity contribution is -0.870. The van der Waals surface area contributed by atoms with Crippen molar-refractivity contribution in [3.05, 3.63) is 12.2 Å². The van der Waals surface area contributed by atoms with Gasteiger partial charge in [0.2, 0.25) is 0 Å². The summed E-state index contributed by atoms with van der Waals surface area (Å²) in [6.07, 6.45) is 39.3. The first kappa shape index (κ1) is 51.2. The fraction of sp³-hybridized carbons (Fsp3) is 0.930. The highest BCUT2D eigenvalue weighted by atomic mass is 31.2. The van der Waals surface area contributed by atoms with E-state index in [2.05, 4.69) is 26.0 Å². The first-order chi connectivity index (χ1) is 25.1. The smallest absolute Gasteiger partial charge is 0.306 e. The molecule has 0 bridgehead atoms. The van der Waals surface area contributed by atoms with Gasteiger partial charge >= 0.3 is 5.97 Å². The Bertz CT molecular complexity index is 848. The number of carbonyl (C=O) groups excluding carboxylic acids is 1. The van der Waals surface area contributed by atoms with Gasteiger partial charge in [-0.25, -0.2) is 0 Å². The summed E-state index contributed by atoms with van der Waals surface area (Å²) in [6.45, 7) is 5.41. The topological polar surface area (TPSA) is 94.1 Å². The van der Waals surface area contributed by atoms with Gasteiger partial charge in [0.1, 0.15) is 19.3 Å². The molecule has 0 aliphatic carbocycles. The average molecular weight is 760 g/mol. The quantitative estimate of drug-likeness (QED) is 0.0201. The minimum absolute atomic E-state index is 0.0276. The van der Waals surface area contributed by atoms with Gasteiger partial charge in [-0.05, 0) is 38.5 Å². The van der Waals surface area contributed by atoms with E-state index in [0.717, 1.165) is 44.9 Å². The first-order valence-corrected chi connectivity index (χ1v) is 23.4. The fourth-order valence-electron chi connectivity index (χ4n) is 6.13. The molecule has 8 nitrogen and oxygen atoms in total. The van der Waals surface area contributed by atoms with E-state index in [-0.39, 0.29) is 25.8 Å². The van der Waals surface area contributed by atoms with E-state index in [9.17, 15) is 14.3 Å². The number of phosphoric acid groups is 1. The number of allylic oxidation sites excluding steroid dienone is 2. The maximum Gasteiger partial charge on any atom is 0.306 e. The van der Waals surface area contributed by atoms with Gasteiger partial charge in [0, 0.05) is 13.0 Å². The molecule has 0 rings (SSSR count). The van der Waals surface area contributed by atoms with Crippen LogP contribution in [0.5, 0.6) is 0 Å². The van der Waals surface area contributed by atoms with E-state index in [4.69, 9.17) is 18.5 Å². The summed E-state index contributed by atoms with van der Waals surface area (Å²) in [4.78, 5) is 25.0. The van der Waals surface area contributed by atoms with E-state index in [1.54, 1.807) is 0 Å². The van der Waals surface area contributed by atoms with Crippen molar-refractivity contribution in [3.8, 4) is 0 Å². The molecule has 0 heterocycles. The number of esters is 1. The normalized spacial score (nSPS) is 13.9. The van der Waals surface area contributed by atoms with Crippen LogP contribution in [-0.2, 0) is 27.9 Å². The zero-order valence-corrected chi connectivity index (χ0v) is 35.9. The minimum atomic E-state index is -4.52. The SMILES string of the molecule is CCCCC/C=C\CCCCCCCC(=O)OC(COCCCCCCCCCCCCCCCCCCCC)COP(=O)([O-])OCC[N+](C)(C)C. The molecule has 310 valence electrons. The molecule has 2 atom stereocenters. The van der Waals surface area contributed by atoms with Gasteiger partial charge in [-0.15, -0.1) is 0 Å². The number of likely N-dealkylation sites (N-methyl/N-ethyl adjacent to an activating group) is 1. The molecule has 52 heavy (non-hydrogen) atoms. The maximum absolute atomic E-state index is 12.6. The predicted octanol–water partition coefficient (Wildman–Crippen LogP) is 12.0. The summed E-state index contributed by atoms with van der Waals surface area (Å²) in [5.74, 6) is -0.341. The van der Waals surface area contributed by atoms with Crippen molar-refractivity contribution in [1.29, 1.82) is 0 Å². The molecule has 0 aromatic carbocycles. The Balaban J connectivity index is 4.17. The van der Waals surface area contributed by atoms with Crippen molar-refractivity contribution in [1.82, 2.24) is 0 Å².